The maximum absolute atomic E-state index is 12.2. The Balaban J connectivity index is 2.11. The number of unbranched alkanes of at least 4 members (excludes halogenated alkanes) is 2. The normalized spacial score (nSPS) is 10.3. The zero-order chi connectivity index (χ0) is 18.9. The molecule has 0 fully saturated rings. The van der Waals surface area contributed by atoms with Crippen molar-refractivity contribution in [1.82, 2.24) is 10.3 Å². The van der Waals surface area contributed by atoms with Gasteiger partial charge in [0.1, 0.15) is 5.82 Å². The number of rotatable bonds is 8. The molecule has 0 spiro atoms. The van der Waals surface area contributed by atoms with Gasteiger partial charge in [-0.3, -0.25) is 4.79 Å². The molecule has 2 aromatic rings. The summed E-state index contributed by atoms with van der Waals surface area (Å²) >= 11 is 6.17. The summed E-state index contributed by atoms with van der Waals surface area (Å²) in [4.78, 5) is 28.1. The van der Waals surface area contributed by atoms with E-state index < -0.39 is 5.97 Å². The zero-order valence-electron chi connectivity index (χ0n) is 14.8. The molecule has 0 radical (unpaired) electrons. The molecule has 1 aromatic heterocycles. The van der Waals surface area contributed by atoms with Crippen molar-refractivity contribution in [3.63, 3.8) is 0 Å². The van der Waals surface area contributed by atoms with E-state index >= 15 is 0 Å². The number of hydrogen-bond acceptors (Lipinski definition) is 5. The van der Waals surface area contributed by atoms with E-state index in [1.54, 1.807) is 36.5 Å². The second kappa shape index (κ2) is 9.77. The molecule has 2 N–H and O–H groups in total. The first-order valence-electron chi connectivity index (χ1n) is 8.44. The number of benzene rings is 1. The van der Waals surface area contributed by atoms with Crippen LogP contribution in [0.15, 0.2) is 36.5 Å². The maximum atomic E-state index is 12.2. The molecule has 0 aliphatic carbocycles. The average Bonchev–Trinajstić information content (AvgIpc) is 2.66. The molecule has 2 rings (SSSR count). The molecular weight excluding hydrogens is 354 g/mol. The summed E-state index contributed by atoms with van der Waals surface area (Å²) in [5.41, 5.74) is 1.37. The number of esters is 1. The fourth-order valence-corrected chi connectivity index (χ4v) is 2.49. The van der Waals surface area contributed by atoms with Crippen molar-refractivity contribution in [3.8, 4) is 0 Å². The second-order valence-electron chi connectivity index (χ2n) is 5.70. The Morgan fingerprint density at radius 3 is 2.69 bits per heavy atom. The standard InChI is InChI=1S/C19H22ClN3O3/c1-3-4-5-9-22-18(24)13-8-10-21-17(12-13)23-16-11-14(19(25)26-2)6-7-15(16)20/h6-8,10-12H,3-5,9H2,1-2H3,(H,21,23)(H,22,24). The summed E-state index contributed by atoms with van der Waals surface area (Å²) in [6, 6.07) is 8.03. The molecule has 1 heterocycles. The SMILES string of the molecule is CCCCCNC(=O)c1ccnc(Nc2cc(C(=O)OC)ccc2Cl)c1. The Morgan fingerprint density at radius 2 is 1.96 bits per heavy atom. The Hall–Kier alpha value is -2.60. The number of halogens is 1. The van der Waals surface area contributed by atoms with E-state index in [4.69, 9.17) is 16.3 Å². The Morgan fingerprint density at radius 1 is 1.15 bits per heavy atom. The quantitative estimate of drug-likeness (QED) is 0.534. The van der Waals surface area contributed by atoms with Gasteiger partial charge in [-0.25, -0.2) is 9.78 Å². The first-order valence-corrected chi connectivity index (χ1v) is 8.82. The number of pyridine rings is 1. The number of methoxy groups -OCH3 is 1. The molecule has 0 atom stereocenters. The van der Waals surface area contributed by atoms with Crippen LogP contribution in [0.2, 0.25) is 5.02 Å². The second-order valence-corrected chi connectivity index (χ2v) is 6.11. The molecule has 7 heteroatoms. The zero-order valence-corrected chi connectivity index (χ0v) is 15.6. The highest BCUT2D eigenvalue weighted by molar-refractivity contribution is 6.33. The largest absolute Gasteiger partial charge is 0.465 e. The van der Waals surface area contributed by atoms with Crippen LogP contribution in [0.5, 0.6) is 0 Å². The van der Waals surface area contributed by atoms with Crippen LogP contribution in [0.3, 0.4) is 0 Å². The topological polar surface area (TPSA) is 80.3 Å². The average molecular weight is 376 g/mol. The molecule has 0 saturated carbocycles. The first-order chi connectivity index (χ1) is 12.5. The van der Waals surface area contributed by atoms with Gasteiger partial charge in [-0.15, -0.1) is 0 Å². The summed E-state index contributed by atoms with van der Waals surface area (Å²) in [6.07, 6.45) is 4.68. The van der Waals surface area contributed by atoms with Gasteiger partial charge in [0.05, 0.1) is 23.4 Å². The highest BCUT2D eigenvalue weighted by Crippen LogP contribution is 2.26. The van der Waals surface area contributed by atoms with Crippen molar-refractivity contribution in [2.45, 2.75) is 26.2 Å². The van der Waals surface area contributed by atoms with E-state index in [9.17, 15) is 9.59 Å². The summed E-state index contributed by atoms with van der Waals surface area (Å²) in [7, 11) is 1.31. The highest BCUT2D eigenvalue weighted by atomic mass is 35.5. The van der Waals surface area contributed by atoms with Gasteiger partial charge < -0.3 is 15.4 Å². The van der Waals surface area contributed by atoms with E-state index in [2.05, 4.69) is 22.5 Å². The maximum Gasteiger partial charge on any atom is 0.337 e. The molecule has 6 nitrogen and oxygen atoms in total. The number of nitrogens with zero attached hydrogens (tertiary/aromatic N) is 1. The molecule has 26 heavy (non-hydrogen) atoms. The van der Waals surface area contributed by atoms with Crippen LogP contribution in [0.4, 0.5) is 11.5 Å². The summed E-state index contributed by atoms with van der Waals surface area (Å²) in [6.45, 7) is 2.76. The van der Waals surface area contributed by atoms with Crippen molar-refractivity contribution >= 4 is 35.0 Å². The Bertz CT molecular complexity index is 780. The van der Waals surface area contributed by atoms with Crippen molar-refractivity contribution in [2.24, 2.45) is 0 Å². The summed E-state index contributed by atoms with van der Waals surface area (Å²) in [5, 5.41) is 6.34. The van der Waals surface area contributed by atoms with Crippen LogP contribution >= 0.6 is 11.6 Å². The van der Waals surface area contributed by atoms with Gasteiger partial charge in [0.15, 0.2) is 0 Å². The Labute approximate surface area is 157 Å². The predicted octanol–water partition coefficient (Wildman–Crippen LogP) is 4.19. The molecule has 138 valence electrons. The molecule has 0 aliphatic heterocycles. The van der Waals surface area contributed by atoms with E-state index in [0.717, 1.165) is 19.3 Å². The van der Waals surface area contributed by atoms with Crippen LogP contribution in [-0.2, 0) is 4.74 Å². The number of carbonyl (C=O) groups excluding carboxylic acids is 2. The number of hydrogen-bond donors (Lipinski definition) is 2. The van der Waals surface area contributed by atoms with Gasteiger partial charge in [0, 0.05) is 18.3 Å². The number of carbonyl (C=O) groups is 2. The van der Waals surface area contributed by atoms with Crippen molar-refractivity contribution < 1.29 is 14.3 Å². The molecule has 0 unspecified atom stereocenters. The number of ether oxygens (including phenoxy) is 1. The molecular formula is C19H22ClN3O3. The molecule has 0 saturated heterocycles. The lowest BCUT2D eigenvalue weighted by atomic mass is 10.2. The van der Waals surface area contributed by atoms with Gasteiger partial charge in [0.25, 0.3) is 5.91 Å². The van der Waals surface area contributed by atoms with Crippen molar-refractivity contribution in [1.29, 1.82) is 0 Å². The van der Waals surface area contributed by atoms with Crippen LogP contribution in [-0.4, -0.2) is 30.5 Å². The third-order valence-corrected chi connectivity index (χ3v) is 4.07. The Kier molecular flexibility index (Phi) is 7.41. The van der Waals surface area contributed by atoms with E-state index in [0.29, 0.717) is 34.2 Å². The number of nitrogens with one attached hydrogen (secondary N) is 2. The summed E-state index contributed by atoms with van der Waals surface area (Å²) in [5.74, 6) is -0.158. The van der Waals surface area contributed by atoms with Gasteiger partial charge in [-0.1, -0.05) is 31.4 Å². The lowest BCUT2D eigenvalue weighted by molar-refractivity contribution is 0.0600. The van der Waals surface area contributed by atoms with Gasteiger partial charge >= 0.3 is 5.97 Å². The monoisotopic (exact) mass is 375 g/mol. The van der Waals surface area contributed by atoms with Crippen LogP contribution < -0.4 is 10.6 Å². The minimum Gasteiger partial charge on any atom is -0.465 e. The van der Waals surface area contributed by atoms with Crippen LogP contribution in [0.25, 0.3) is 0 Å². The van der Waals surface area contributed by atoms with Crippen LogP contribution in [0.1, 0.15) is 46.9 Å². The fraction of sp³-hybridized carbons (Fsp3) is 0.316. The van der Waals surface area contributed by atoms with Gasteiger partial charge in [0.2, 0.25) is 0 Å². The van der Waals surface area contributed by atoms with Crippen molar-refractivity contribution in [2.75, 3.05) is 19.0 Å². The van der Waals surface area contributed by atoms with E-state index in [1.807, 2.05) is 0 Å². The van der Waals surface area contributed by atoms with Gasteiger partial charge in [-0.2, -0.15) is 0 Å². The van der Waals surface area contributed by atoms with E-state index in [1.165, 1.54) is 7.11 Å². The number of aromatic nitrogens is 1. The minimum atomic E-state index is -0.460. The molecule has 1 aromatic carbocycles. The smallest absolute Gasteiger partial charge is 0.337 e. The van der Waals surface area contributed by atoms with Gasteiger partial charge in [-0.05, 0) is 36.8 Å². The predicted molar refractivity (Wildman–Crippen MR) is 102 cm³/mol. The van der Waals surface area contributed by atoms with Crippen molar-refractivity contribution in [3.05, 3.63) is 52.7 Å². The minimum absolute atomic E-state index is 0.152. The third kappa shape index (κ3) is 5.46. The lowest BCUT2D eigenvalue weighted by Gasteiger charge is -2.10. The highest BCUT2D eigenvalue weighted by Gasteiger charge is 2.11. The fourth-order valence-electron chi connectivity index (χ4n) is 2.32. The number of anilines is 2. The molecule has 0 bridgehead atoms. The summed E-state index contributed by atoms with van der Waals surface area (Å²) < 4.78 is 4.71. The van der Waals surface area contributed by atoms with Crippen LogP contribution in [0, 0.1) is 0 Å². The molecule has 1 amide bonds. The first kappa shape index (κ1) is 19.7. The number of amides is 1. The third-order valence-electron chi connectivity index (χ3n) is 3.74. The molecule has 0 aliphatic rings. The lowest BCUT2D eigenvalue weighted by Crippen LogP contribution is -2.24. The van der Waals surface area contributed by atoms with E-state index in [-0.39, 0.29) is 5.91 Å².